The van der Waals surface area contributed by atoms with Crippen LogP contribution in [0.15, 0.2) is 48.5 Å². The smallest absolute Gasteiger partial charge is 0.229 e. The molecule has 0 saturated heterocycles. The SMILES string of the molecule is Cc1cccc(NC(=O)C(Cc2ccccc2)C(C)C)n1. The summed E-state index contributed by atoms with van der Waals surface area (Å²) in [7, 11) is 0. The first-order valence-electron chi connectivity index (χ1n) is 7.34. The summed E-state index contributed by atoms with van der Waals surface area (Å²) < 4.78 is 0. The van der Waals surface area contributed by atoms with Crippen LogP contribution in [0.25, 0.3) is 0 Å². The highest BCUT2D eigenvalue weighted by molar-refractivity contribution is 5.92. The summed E-state index contributed by atoms with van der Waals surface area (Å²) in [5.41, 5.74) is 2.08. The van der Waals surface area contributed by atoms with Gasteiger partial charge in [0.25, 0.3) is 0 Å². The molecule has 1 amide bonds. The third-order valence-corrected chi connectivity index (χ3v) is 3.58. The minimum Gasteiger partial charge on any atom is -0.310 e. The van der Waals surface area contributed by atoms with Crippen LogP contribution >= 0.6 is 0 Å². The van der Waals surface area contributed by atoms with Crippen LogP contribution in [0.2, 0.25) is 0 Å². The van der Waals surface area contributed by atoms with Crippen LogP contribution < -0.4 is 5.32 Å². The topological polar surface area (TPSA) is 42.0 Å². The fraction of sp³-hybridized carbons (Fsp3) is 0.333. The zero-order valence-electron chi connectivity index (χ0n) is 12.8. The first-order valence-corrected chi connectivity index (χ1v) is 7.34. The number of hydrogen-bond acceptors (Lipinski definition) is 2. The summed E-state index contributed by atoms with van der Waals surface area (Å²) >= 11 is 0. The number of aryl methyl sites for hydroxylation is 1. The molecule has 0 spiro atoms. The lowest BCUT2D eigenvalue weighted by molar-refractivity contribution is -0.121. The first-order chi connectivity index (χ1) is 10.1. The fourth-order valence-corrected chi connectivity index (χ4v) is 2.33. The lowest BCUT2D eigenvalue weighted by atomic mass is 9.88. The number of rotatable bonds is 5. The van der Waals surface area contributed by atoms with Gasteiger partial charge in [-0.2, -0.15) is 0 Å². The maximum Gasteiger partial charge on any atom is 0.229 e. The number of carbonyl (C=O) groups excluding carboxylic acids is 1. The van der Waals surface area contributed by atoms with Crippen molar-refractivity contribution in [2.45, 2.75) is 27.2 Å². The minimum atomic E-state index is -0.0605. The lowest BCUT2D eigenvalue weighted by Crippen LogP contribution is -2.29. The Balaban J connectivity index is 2.09. The molecule has 1 aromatic carbocycles. The van der Waals surface area contributed by atoms with E-state index in [2.05, 4.69) is 36.3 Å². The highest BCUT2D eigenvalue weighted by atomic mass is 16.1. The van der Waals surface area contributed by atoms with E-state index >= 15 is 0 Å². The number of nitrogens with one attached hydrogen (secondary N) is 1. The predicted molar refractivity (Wildman–Crippen MR) is 86.1 cm³/mol. The van der Waals surface area contributed by atoms with E-state index < -0.39 is 0 Å². The third-order valence-electron chi connectivity index (χ3n) is 3.58. The maximum atomic E-state index is 12.5. The summed E-state index contributed by atoms with van der Waals surface area (Å²) in [6, 6.07) is 15.8. The molecule has 0 aliphatic carbocycles. The van der Waals surface area contributed by atoms with E-state index in [4.69, 9.17) is 0 Å². The molecule has 0 radical (unpaired) electrons. The van der Waals surface area contributed by atoms with E-state index in [0.717, 1.165) is 12.1 Å². The number of nitrogens with zero attached hydrogens (tertiary/aromatic N) is 1. The number of benzene rings is 1. The lowest BCUT2D eigenvalue weighted by Gasteiger charge is -2.20. The van der Waals surface area contributed by atoms with Crippen molar-refractivity contribution in [1.82, 2.24) is 4.98 Å². The quantitative estimate of drug-likeness (QED) is 0.905. The Bertz CT molecular complexity index is 593. The van der Waals surface area contributed by atoms with Gasteiger partial charge in [0.1, 0.15) is 5.82 Å². The zero-order valence-corrected chi connectivity index (χ0v) is 12.8. The Kier molecular flexibility index (Phi) is 5.09. The third kappa shape index (κ3) is 4.42. The van der Waals surface area contributed by atoms with Gasteiger partial charge in [0.15, 0.2) is 0 Å². The minimum absolute atomic E-state index is 0.0342. The van der Waals surface area contributed by atoms with Gasteiger partial charge in [-0.05, 0) is 37.0 Å². The van der Waals surface area contributed by atoms with Crippen molar-refractivity contribution in [2.24, 2.45) is 11.8 Å². The average molecular weight is 282 g/mol. The average Bonchev–Trinajstić information content (AvgIpc) is 2.45. The second-order valence-electron chi connectivity index (χ2n) is 5.69. The molecule has 21 heavy (non-hydrogen) atoms. The van der Waals surface area contributed by atoms with Crippen LogP contribution in [0, 0.1) is 18.8 Å². The molecule has 0 fully saturated rings. The second-order valence-corrected chi connectivity index (χ2v) is 5.69. The van der Waals surface area contributed by atoms with Gasteiger partial charge in [-0.1, -0.05) is 50.2 Å². The molecule has 1 aromatic heterocycles. The number of anilines is 1. The summed E-state index contributed by atoms with van der Waals surface area (Å²) in [5.74, 6) is 0.871. The van der Waals surface area contributed by atoms with Crippen molar-refractivity contribution in [3.8, 4) is 0 Å². The van der Waals surface area contributed by atoms with Crippen LogP contribution in [0.5, 0.6) is 0 Å². The molecule has 1 N–H and O–H groups in total. The molecule has 110 valence electrons. The molecule has 2 aromatic rings. The standard InChI is InChI=1S/C18H22N2O/c1-13(2)16(12-15-9-5-4-6-10-15)18(21)20-17-11-7-8-14(3)19-17/h4-11,13,16H,12H2,1-3H3,(H,19,20,21). The normalized spacial score (nSPS) is 12.2. The van der Waals surface area contributed by atoms with Crippen molar-refractivity contribution >= 4 is 11.7 Å². The molecule has 0 aliphatic rings. The Hall–Kier alpha value is -2.16. The van der Waals surface area contributed by atoms with E-state index in [9.17, 15) is 4.79 Å². The molecule has 1 unspecified atom stereocenters. The fourth-order valence-electron chi connectivity index (χ4n) is 2.33. The van der Waals surface area contributed by atoms with Crippen LogP contribution in [0.1, 0.15) is 25.1 Å². The highest BCUT2D eigenvalue weighted by Gasteiger charge is 2.22. The van der Waals surface area contributed by atoms with E-state index in [1.807, 2.05) is 43.3 Å². The van der Waals surface area contributed by atoms with E-state index in [1.54, 1.807) is 0 Å². The Morgan fingerprint density at radius 1 is 1.10 bits per heavy atom. The summed E-state index contributed by atoms with van der Waals surface area (Å²) in [4.78, 5) is 16.8. The molecular weight excluding hydrogens is 260 g/mol. The molecule has 3 heteroatoms. The van der Waals surface area contributed by atoms with Gasteiger partial charge in [0, 0.05) is 11.6 Å². The molecule has 1 atom stereocenters. The van der Waals surface area contributed by atoms with Gasteiger partial charge in [0.2, 0.25) is 5.91 Å². The van der Waals surface area contributed by atoms with Crippen molar-refractivity contribution in [3.05, 3.63) is 59.8 Å². The molecule has 0 saturated carbocycles. The van der Waals surface area contributed by atoms with E-state index in [0.29, 0.717) is 5.82 Å². The van der Waals surface area contributed by atoms with Crippen molar-refractivity contribution in [2.75, 3.05) is 5.32 Å². The number of hydrogen-bond donors (Lipinski definition) is 1. The summed E-state index contributed by atoms with van der Waals surface area (Å²) in [6.45, 7) is 6.08. The van der Waals surface area contributed by atoms with Gasteiger partial charge >= 0.3 is 0 Å². The molecule has 3 nitrogen and oxygen atoms in total. The van der Waals surface area contributed by atoms with Crippen molar-refractivity contribution in [1.29, 1.82) is 0 Å². The molecular formula is C18H22N2O. The zero-order chi connectivity index (χ0) is 15.2. The Morgan fingerprint density at radius 3 is 2.43 bits per heavy atom. The van der Waals surface area contributed by atoms with Crippen molar-refractivity contribution in [3.63, 3.8) is 0 Å². The van der Waals surface area contributed by atoms with Gasteiger partial charge < -0.3 is 5.32 Å². The summed E-state index contributed by atoms with van der Waals surface area (Å²) in [5, 5.41) is 2.93. The highest BCUT2D eigenvalue weighted by Crippen LogP contribution is 2.19. The number of aromatic nitrogens is 1. The second kappa shape index (κ2) is 7.02. The van der Waals surface area contributed by atoms with Crippen LogP contribution in [-0.2, 0) is 11.2 Å². The number of carbonyl (C=O) groups is 1. The van der Waals surface area contributed by atoms with Crippen molar-refractivity contribution < 1.29 is 4.79 Å². The molecule has 2 rings (SSSR count). The maximum absolute atomic E-state index is 12.5. The monoisotopic (exact) mass is 282 g/mol. The number of amides is 1. The molecule has 1 heterocycles. The molecule has 0 aliphatic heterocycles. The van der Waals surface area contributed by atoms with Crippen LogP contribution in [0.3, 0.4) is 0 Å². The van der Waals surface area contributed by atoms with Gasteiger partial charge in [-0.15, -0.1) is 0 Å². The predicted octanol–water partition coefficient (Wildman–Crippen LogP) is 3.84. The summed E-state index contributed by atoms with van der Waals surface area (Å²) in [6.07, 6.45) is 0.746. The number of pyridine rings is 1. The van der Waals surface area contributed by atoms with E-state index in [1.165, 1.54) is 5.56 Å². The molecule has 0 bridgehead atoms. The van der Waals surface area contributed by atoms with Crippen LogP contribution in [-0.4, -0.2) is 10.9 Å². The van der Waals surface area contributed by atoms with Gasteiger partial charge in [0.05, 0.1) is 0 Å². The van der Waals surface area contributed by atoms with Gasteiger partial charge in [-0.25, -0.2) is 4.98 Å². The Labute approximate surface area is 126 Å². The van der Waals surface area contributed by atoms with Gasteiger partial charge in [-0.3, -0.25) is 4.79 Å². The largest absolute Gasteiger partial charge is 0.310 e. The first kappa shape index (κ1) is 15.2. The Morgan fingerprint density at radius 2 is 1.81 bits per heavy atom. The van der Waals surface area contributed by atoms with E-state index in [-0.39, 0.29) is 17.7 Å². The van der Waals surface area contributed by atoms with Crippen LogP contribution in [0.4, 0.5) is 5.82 Å².